The van der Waals surface area contributed by atoms with E-state index in [4.69, 9.17) is 32.7 Å². The molecule has 0 aliphatic heterocycles. The zero-order valence-corrected chi connectivity index (χ0v) is 16.4. The maximum Gasteiger partial charge on any atom is 0.359 e. The Labute approximate surface area is 171 Å². The Morgan fingerprint density at radius 1 is 0.893 bits per heavy atom. The Bertz CT molecular complexity index is 1150. The zero-order chi connectivity index (χ0) is 19.7. The standard InChI is InChI=1S/C22H15Cl2NO3/c1-27-22(26)20-21(28-17-5-3-2-4-6-17)18-13-15(24)9-12-19(18)25(20)16-10-7-14(23)8-11-16/h2-13H,1H3. The van der Waals surface area contributed by atoms with Gasteiger partial charge in [-0.2, -0.15) is 0 Å². The molecule has 4 rings (SSSR count). The maximum atomic E-state index is 12.8. The van der Waals surface area contributed by atoms with Crippen molar-refractivity contribution in [2.75, 3.05) is 7.11 Å². The van der Waals surface area contributed by atoms with Crippen LogP contribution < -0.4 is 4.74 Å². The number of esters is 1. The predicted octanol–water partition coefficient (Wildman–Crippen LogP) is 6.52. The fourth-order valence-corrected chi connectivity index (χ4v) is 3.38. The number of aromatic nitrogens is 1. The van der Waals surface area contributed by atoms with Crippen molar-refractivity contribution in [3.8, 4) is 17.2 Å². The molecule has 0 aliphatic carbocycles. The van der Waals surface area contributed by atoms with E-state index in [1.807, 2.05) is 48.5 Å². The summed E-state index contributed by atoms with van der Waals surface area (Å²) in [5, 5.41) is 1.84. The number of nitrogens with zero attached hydrogens (tertiary/aromatic N) is 1. The molecular formula is C22H15Cl2NO3. The largest absolute Gasteiger partial charge is 0.464 e. The molecule has 1 heterocycles. The zero-order valence-electron chi connectivity index (χ0n) is 14.9. The van der Waals surface area contributed by atoms with Crippen molar-refractivity contribution >= 4 is 40.1 Å². The smallest absolute Gasteiger partial charge is 0.359 e. The predicted molar refractivity (Wildman–Crippen MR) is 111 cm³/mol. The first-order valence-corrected chi connectivity index (χ1v) is 9.25. The van der Waals surface area contributed by atoms with Crippen LogP contribution in [0.2, 0.25) is 10.0 Å². The first kappa shape index (κ1) is 18.4. The molecule has 28 heavy (non-hydrogen) atoms. The average molecular weight is 412 g/mol. The van der Waals surface area contributed by atoms with Crippen LogP contribution in [0.5, 0.6) is 11.5 Å². The Balaban J connectivity index is 2.04. The second kappa shape index (κ2) is 7.58. The van der Waals surface area contributed by atoms with Gasteiger partial charge >= 0.3 is 5.97 Å². The highest BCUT2D eigenvalue weighted by Crippen LogP contribution is 2.40. The summed E-state index contributed by atoms with van der Waals surface area (Å²) in [4.78, 5) is 12.8. The molecule has 6 heteroatoms. The molecule has 0 N–H and O–H groups in total. The van der Waals surface area contributed by atoms with Gasteiger partial charge in [-0.25, -0.2) is 4.79 Å². The number of fused-ring (bicyclic) bond motifs is 1. The van der Waals surface area contributed by atoms with Crippen molar-refractivity contribution in [3.63, 3.8) is 0 Å². The fourth-order valence-electron chi connectivity index (χ4n) is 3.08. The number of ether oxygens (including phenoxy) is 2. The van der Waals surface area contributed by atoms with Gasteiger partial charge in [-0.05, 0) is 54.6 Å². The van der Waals surface area contributed by atoms with E-state index >= 15 is 0 Å². The molecule has 0 aliphatic rings. The van der Waals surface area contributed by atoms with Crippen LogP contribution in [0.4, 0.5) is 0 Å². The Kier molecular flexibility index (Phi) is 4.99. The molecule has 0 unspecified atom stereocenters. The van der Waals surface area contributed by atoms with Gasteiger partial charge in [-0.3, -0.25) is 0 Å². The topological polar surface area (TPSA) is 40.5 Å². The first-order chi connectivity index (χ1) is 13.6. The first-order valence-electron chi connectivity index (χ1n) is 8.49. The summed E-state index contributed by atoms with van der Waals surface area (Å²) in [6.07, 6.45) is 0. The van der Waals surface area contributed by atoms with Crippen LogP contribution in [-0.2, 0) is 4.74 Å². The molecule has 3 aromatic carbocycles. The highest BCUT2D eigenvalue weighted by atomic mass is 35.5. The van der Waals surface area contributed by atoms with Crippen molar-refractivity contribution in [1.82, 2.24) is 4.57 Å². The lowest BCUT2D eigenvalue weighted by Crippen LogP contribution is -2.10. The molecule has 0 fully saturated rings. The summed E-state index contributed by atoms with van der Waals surface area (Å²) >= 11 is 12.3. The van der Waals surface area contributed by atoms with E-state index in [0.29, 0.717) is 26.9 Å². The lowest BCUT2D eigenvalue weighted by atomic mass is 10.2. The van der Waals surface area contributed by atoms with Gasteiger partial charge < -0.3 is 14.0 Å². The summed E-state index contributed by atoms with van der Waals surface area (Å²) in [6, 6.07) is 21.8. The number of para-hydroxylation sites is 1. The van der Waals surface area contributed by atoms with E-state index < -0.39 is 5.97 Å². The van der Waals surface area contributed by atoms with Crippen LogP contribution in [0.15, 0.2) is 72.8 Å². The lowest BCUT2D eigenvalue weighted by molar-refractivity contribution is 0.0589. The second-order valence-corrected chi connectivity index (χ2v) is 6.93. The summed E-state index contributed by atoms with van der Waals surface area (Å²) in [5.74, 6) is 0.460. The van der Waals surface area contributed by atoms with Crippen LogP contribution >= 0.6 is 23.2 Å². The van der Waals surface area contributed by atoms with Gasteiger partial charge in [0.15, 0.2) is 11.4 Å². The number of carbonyl (C=O) groups excluding carboxylic acids is 1. The van der Waals surface area contributed by atoms with Crippen LogP contribution in [0.3, 0.4) is 0 Å². The number of carbonyl (C=O) groups is 1. The van der Waals surface area contributed by atoms with Gasteiger partial charge in [0.05, 0.1) is 12.6 Å². The van der Waals surface area contributed by atoms with Crippen molar-refractivity contribution in [3.05, 3.63) is 88.5 Å². The van der Waals surface area contributed by atoms with Gasteiger partial charge in [-0.15, -0.1) is 0 Å². The fraction of sp³-hybridized carbons (Fsp3) is 0.0455. The summed E-state index contributed by atoms with van der Waals surface area (Å²) in [5.41, 5.74) is 1.78. The molecule has 0 bridgehead atoms. The molecule has 0 spiro atoms. The monoisotopic (exact) mass is 411 g/mol. The van der Waals surface area contributed by atoms with Gasteiger partial charge in [0.2, 0.25) is 0 Å². The molecular weight excluding hydrogens is 397 g/mol. The van der Waals surface area contributed by atoms with Gasteiger partial charge in [-0.1, -0.05) is 41.4 Å². The molecule has 4 nitrogen and oxygen atoms in total. The van der Waals surface area contributed by atoms with Crippen molar-refractivity contribution < 1.29 is 14.3 Å². The van der Waals surface area contributed by atoms with Crippen LogP contribution in [0, 0.1) is 0 Å². The number of rotatable bonds is 4. The number of methoxy groups -OCH3 is 1. The summed E-state index contributed by atoms with van der Waals surface area (Å²) in [7, 11) is 1.34. The molecule has 140 valence electrons. The molecule has 0 atom stereocenters. The van der Waals surface area contributed by atoms with Crippen molar-refractivity contribution in [1.29, 1.82) is 0 Å². The number of halogens is 2. The van der Waals surface area contributed by atoms with Gasteiger partial charge in [0.1, 0.15) is 5.75 Å². The van der Waals surface area contributed by atoms with Crippen molar-refractivity contribution in [2.45, 2.75) is 0 Å². The van der Waals surface area contributed by atoms with E-state index in [-0.39, 0.29) is 5.69 Å². The average Bonchev–Trinajstić information content (AvgIpc) is 3.02. The number of benzene rings is 3. The molecule has 0 radical (unpaired) electrons. The Morgan fingerprint density at radius 3 is 2.25 bits per heavy atom. The molecule has 0 amide bonds. The highest BCUT2D eigenvalue weighted by Gasteiger charge is 2.26. The normalized spacial score (nSPS) is 10.8. The van der Waals surface area contributed by atoms with E-state index in [1.54, 1.807) is 28.8 Å². The molecule has 4 aromatic rings. The number of hydrogen-bond donors (Lipinski definition) is 0. The van der Waals surface area contributed by atoms with Crippen LogP contribution in [-0.4, -0.2) is 17.6 Å². The Hall–Kier alpha value is -2.95. The molecule has 0 saturated heterocycles. The van der Waals surface area contributed by atoms with E-state index in [9.17, 15) is 4.79 Å². The molecule has 0 saturated carbocycles. The Morgan fingerprint density at radius 2 is 1.57 bits per heavy atom. The second-order valence-electron chi connectivity index (χ2n) is 6.06. The molecule has 1 aromatic heterocycles. The third-order valence-corrected chi connectivity index (χ3v) is 4.80. The quantitative estimate of drug-likeness (QED) is 0.359. The van der Waals surface area contributed by atoms with E-state index in [0.717, 1.165) is 11.2 Å². The summed E-state index contributed by atoms with van der Waals surface area (Å²) in [6.45, 7) is 0. The number of hydrogen-bond acceptors (Lipinski definition) is 3. The van der Waals surface area contributed by atoms with E-state index in [1.165, 1.54) is 7.11 Å². The third kappa shape index (κ3) is 3.33. The van der Waals surface area contributed by atoms with Gasteiger partial charge in [0.25, 0.3) is 0 Å². The lowest BCUT2D eigenvalue weighted by Gasteiger charge is -2.11. The summed E-state index contributed by atoms with van der Waals surface area (Å²) < 4.78 is 13.0. The minimum Gasteiger partial charge on any atom is -0.464 e. The minimum atomic E-state index is -0.520. The van der Waals surface area contributed by atoms with Gasteiger partial charge in [0, 0.05) is 21.1 Å². The van der Waals surface area contributed by atoms with Crippen LogP contribution in [0.25, 0.3) is 16.6 Å². The SMILES string of the molecule is COC(=O)c1c(Oc2ccccc2)c2cc(Cl)ccc2n1-c1ccc(Cl)cc1. The highest BCUT2D eigenvalue weighted by molar-refractivity contribution is 6.31. The minimum absolute atomic E-state index is 0.269. The third-order valence-electron chi connectivity index (χ3n) is 4.31. The van der Waals surface area contributed by atoms with Crippen molar-refractivity contribution in [2.24, 2.45) is 0 Å². The van der Waals surface area contributed by atoms with E-state index in [2.05, 4.69) is 0 Å². The van der Waals surface area contributed by atoms with Crippen LogP contribution in [0.1, 0.15) is 10.5 Å². The maximum absolute atomic E-state index is 12.8.